The van der Waals surface area contributed by atoms with E-state index < -0.39 is 0 Å². The number of aromatic amines is 1. The van der Waals surface area contributed by atoms with Gasteiger partial charge in [-0.15, -0.1) is 0 Å². The predicted molar refractivity (Wildman–Crippen MR) is 94.6 cm³/mol. The minimum atomic E-state index is 0.0663. The van der Waals surface area contributed by atoms with Crippen molar-refractivity contribution in [1.82, 2.24) is 19.9 Å². The molecule has 0 fully saturated rings. The molecule has 0 bridgehead atoms. The summed E-state index contributed by atoms with van der Waals surface area (Å²) in [5.74, 6) is 7.10. The van der Waals surface area contributed by atoms with Crippen LogP contribution in [0.25, 0.3) is 0 Å². The summed E-state index contributed by atoms with van der Waals surface area (Å²) in [6, 6.07) is 0.0663. The van der Waals surface area contributed by atoms with Crippen molar-refractivity contribution < 1.29 is 5.11 Å². The van der Waals surface area contributed by atoms with Crippen molar-refractivity contribution in [2.24, 2.45) is 5.92 Å². The summed E-state index contributed by atoms with van der Waals surface area (Å²) >= 11 is 6.17. The Morgan fingerprint density at radius 1 is 1.42 bits per heavy atom. The largest absolute Gasteiger partial charge is 0.396 e. The minimum Gasteiger partial charge on any atom is -0.396 e. The number of nitrogens with zero attached hydrogens (tertiary/aromatic N) is 3. The second-order valence-corrected chi connectivity index (χ2v) is 5.88. The number of hydrogen-bond acceptors (Lipinski definition) is 6. The highest BCUT2D eigenvalue weighted by atomic mass is 35.5. The van der Waals surface area contributed by atoms with Gasteiger partial charge in [0.1, 0.15) is 11.4 Å². The lowest BCUT2D eigenvalue weighted by atomic mass is 9.99. The van der Waals surface area contributed by atoms with Crippen LogP contribution in [0.3, 0.4) is 0 Å². The Kier molecular flexibility index (Phi) is 6.41. The van der Waals surface area contributed by atoms with Gasteiger partial charge >= 0.3 is 0 Å². The second kappa shape index (κ2) is 8.52. The van der Waals surface area contributed by atoms with Gasteiger partial charge < -0.3 is 21.1 Å². The van der Waals surface area contributed by atoms with Crippen molar-refractivity contribution in [3.8, 4) is 11.8 Å². The van der Waals surface area contributed by atoms with Crippen molar-refractivity contribution in [1.29, 1.82) is 0 Å². The standard InChI is InChI=1S/C16H21ClN6O/c1-3-11(9-24)8-10(2)21-15-12(14(17)22-16(18)23-15)4-5-13-19-6-7-20-13/h6-7,10-11,24H,3,8-9H2,1-2H3,(H,19,20)(H3,18,21,22,23)/t10?,11-/m1/s1. The summed E-state index contributed by atoms with van der Waals surface area (Å²) in [6.07, 6.45) is 5.00. The van der Waals surface area contributed by atoms with E-state index in [9.17, 15) is 5.11 Å². The zero-order valence-corrected chi connectivity index (χ0v) is 14.4. The molecule has 0 aliphatic rings. The van der Waals surface area contributed by atoms with Crippen LogP contribution in [-0.2, 0) is 0 Å². The van der Waals surface area contributed by atoms with Crippen LogP contribution in [0, 0.1) is 17.8 Å². The Hall–Kier alpha value is -2.30. The van der Waals surface area contributed by atoms with E-state index in [1.165, 1.54) is 0 Å². The zero-order valence-electron chi connectivity index (χ0n) is 13.7. The maximum atomic E-state index is 9.35. The highest BCUT2D eigenvalue weighted by Crippen LogP contribution is 2.23. The van der Waals surface area contributed by atoms with Gasteiger partial charge in [-0.2, -0.15) is 9.97 Å². The number of H-pyrrole nitrogens is 1. The number of imidazole rings is 1. The first kappa shape index (κ1) is 18.0. The van der Waals surface area contributed by atoms with Crippen LogP contribution in [-0.4, -0.2) is 37.7 Å². The Labute approximate surface area is 146 Å². The highest BCUT2D eigenvalue weighted by molar-refractivity contribution is 6.31. The molecule has 0 radical (unpaired) electrons. The molecule has 0 saturated heterocycles. The van der Waals surface area contributed by atoms with Crippen LogP contribution >= 0.6 is 11.6 Å². The van der Waals surface area contributed by atoms with Gasteiger partial charge in [0.15, 0.2) is 11.0 Å². The van der Waals surface area contributed by atoms with Crippen LogP contribution in [0.4, 0.5) is 11.8 Å². The molecular weight excluding hydrogens is 328 g/mol. The Morgan fingerprint density at radius 3 is 2.83 bits per heavy atom. The number of halogens is 1. The van der Waals surface area contributed by atoms with E-state index in [1.807, 2.05) is 13.8 Å². The lowest BCUT2D eigenvalue weighted by Crippen LogP contribution is -2.22. The fourth-order valence-electron chi connectivity index (χ4n) is 2.28. The molecule has 0 amide bonds. The lowest BCUT2D eigenvalue weighted by Gasteiger charge is -2.20. The van der Waals surface area contributed by atoms with Gasteiger partial charge in [0, 0.05) is 25.0 Å². The van der Waals surface area contributed by atoms with Crippen LogP contribution in [0.5, 0.6) is 0 Å². The van der Waals surface area contributed by atoms with Gasteiger partial charge in [-0.1, -0.05) is 30.9 Å². The highest BCUT2D eigenvalue weighted by Gasteiger charge is 2.15. The number of rotatable bonds is 6. The molecule has 0 aromatic carbocycles. The van der Waals surface area contributed by atoms with E-state index in [0.717, 1.165) is 12.8 Å². The predicted octanol–water partition coefficient (Wildman–Crippen LogP) is 2.04. The van der Waals surface area contributed by atoms with Crippen molar-refractivity contribution in [3.63, 3.8) is 0 Å². The second-order valence-electron chi connectivity index (χ2n) is 5.52. The Balaban J connectivity index is 2.25. The summed E-state index contributed by atoms with van der Waals surface area (Å²) < 4.78 is 0. The van der Waals surface area contributed by atoms with Gasteiger partial charge in [0.2, 0.25) is 5.95 Å². The van der Waals surface area contributed by atoms with E-state index in [0.29, 0.717) is 17.2 Å². The maximum absolute atomic E-state index is 9.35. The molecule has 2 heterocycles. The summed E-state index contributed by atoms with van der Waals surface area (Å²) in [5.41, 5.74) is 6.16. The molecule has 0 saturated carbocycles. The van der Waals surface area contributed by atoms with E-state index >= 15 is 0 Å². The first-order valence-corrected chi connectivity index (χ1v) is 8.13. The molecule has 0 aliphatic heterocycles. The molecule has 0 aliphatic carbocycles. The first-order valence-electron chi connectivity index (χ1n) is 7.75. The molecule has 128 valence electrons. The molecule has 8 heteroatoms. The molecule has 24 heavy (non-hydrogen) atoms. The zero-order chi connectivity index (χ0) is 17.5. The molecular formula is C16H21ClN6O. The third kappa shape index (κ3) is 4.85. The van der Waals surface area contributed by atoms with Crippen LogP contribution in [0.15, 0.2) is 12.4 Å². The van der Waals surface area contributed by atoms with Crippen LogP contribution in [0.2, 0.25) is 5.15 Å². The Bertz CT molecular complexity index is 718. The van der Waals surface area contributed by atoms with Crippen LogP contribution in [0.1, 0.15) is 38.1 Å². The smallest absolute Gasteiger partial charge is 0.223 e. The number of anilines is 2. The quantitative estimate of drug-likeness (QED) is 0.469. The molecule has 5 N–H and O–H groups in total. The molecule has 7 nitrogen and oxygen atoms in total. The van der Waals surface area contributed by atoms with Gasteiger partial charge in [-0.3, -0.25) is 0 Å². The third-order valence-electron chi connectivity index (χ3n) is 3.59. The maximum Gasteiger partial charge on any atom is 0.223 e. The SMILES string of the molecule is CC[C@@H](CO)CC(C)Nc1nc(N)nc(Cl)c1C#Cc1ncc[nH]1. The van der Waals surface area contributed by atoms with Gasteiger partial charge in [0.05, 0.1) is 0 Å². The lowest BCUT2D eigenvalue weighted by molar-refractivity contribution is 0.211. The molecule has 2 aromatic rings. The molecule has 2 rings (SSSR count). The summed E-state index contributed by atoms with van der Waals surface area (Å²) in [4.78, 5) is 15.1. The van der Waals surface area contributed by atoms with E-state index in [4.69, 9.17) is 17.3 Å². The minimum absolute atomic E-state index is 0.0663. The first-order chi connectivity index (χ1) is 11.5. The monoisotopic (exact) mass is 348 g/mol. The number of nitrogen functional groups attached to an aromatic ring is 1. The average Bonchev–Trinajstić information content (AvgIpc) is 3.05. The molecule has 0 spiro atoms. The summed E-state index contributed by atoms with van der Waals surface area (Å²) in [7, 11) is 0. The van der Waals surface area contributed by atoms with Crippen LogP contribution < -0.4 is 11.1 Å². The van der Waals surface area contributed by atoms with Crippen molar-refractivity contribution in [2.75, 3.05) is 17.7 Å². The number of aliphatic hydroxyl groups is 1. The van der Waals surface area contributed by atoms with Gasteiger partial charge in [0.25, 0.3) is 0 Å². The molecule has 2 atom stereocenters. The Morgan fingerprint density at radius 2 is 2.21 bits per heavy atom. The number of aliphatic hydroxyl groups excluding tert-OH is 1. The normalized spacial score (nSPS) is 13.0. The number of hydrogen-bond donors (Lipinski definition) is 4. The number of nitrogens with one attached hydrogen (secondary N) is 2. The van der Waals surface area contributed by atoms with E-state index in [2.05, 4.69) is 37.1 Å². The summed E-state index contributed by atoms with van der Waals surface area (Å²) in [6.45, 7) is 4.21. The number of nitrogens with two attached hydrogens (primary N) is 1. The van der Waals surface area contributed by atoms with Crippen molar-refractivity contribution >= 4 is 23.4 Å². The fourth-order valence-corrected chi connectivity index (χ4v) is 2.51. The number of aromatic nitrogens is 4. The fraction of sp³-hybridized carbons (Fsp3) is 0.438. The van der Waals surface area contributed by atoms with Crippen molar-refractivity contribution in [2.45, 2.75) is 32.7 Å². The topological polar surface area (TPSA) is 113 Å². The molecule has 1 unspecified atom stereocenters. The summed E-state index contributed by atoms with van der Waals surface area (Å²) in [5, 5.41) is 12.8. The van der Waals surface area contributed by atoms with Crippen molar-refractivity contribution in [3.05, 3.63) is 28.9 Å². The third-order valence-corrected chi connectivity index (χ3v) is 3.87. The molecule has 2 aromatic heterocycles. The van der Waals surface area contributed by atoms with Gasteiger partial charge in [-0.05, 0) is 25.2 Å². The van der Waals surface area contributed by atoms with E-state index in [-0.39, 0.29) is 29.7 Å². The van der Waals surface area contributed by atoms with Gasteiger partial charge in [-0.25, -0.2) is 4.98 Å². The van der Waals surface area contributed by atoms with E-state index in [1.54, 1.807) is 12.4 Å². The average molecular weight is 349 g/mol.